The second-order valence-corrected chi connectivity index (χ2v) is 6.50. The van der Waals surface area contributed by atoms with Crippen LogP contribution in [0.1, 0.15) is 20.7 Å². The van der Waals surface area contributed by atoms with Gasteiger partial charge in [-0.25, -0.2) is 10.3 Å². The van der Waals surface area contributed by atoms with Crippen molar-refractivity contribution in [2.45, 2.75) is 0 Å². The van der Waals surface area contributed by atoms with E-state index in [9.17, 15) is 9.59 Å². The molecule has 0 saturated carbocycles. The Bertz CT molecular complexity index is 1120. The van der Waals surface area contributed by atoms with Crippen LogP contribution in [0.2, 0.25) is 5.02 Å². The van der Waals surface area contributed by atoms with Gasteiger partial charge in [-0.05, 0) is 54.6 Å². The lowest BCUT2D eigenvalue weighted by atomic mass is 10.2. The third-order valence-corrected chi connectivity index (χ3v) is 4.44. The first kappa shape index (κ1) is 21.8. The summed E-state index contributed by atoms with van der Waals surface area (Å²) in [6.07, 6.45) is 0. The van der Waals surface area contributed by atoms with Crippen molar-refractivity contribution in [2.24, 2.45) is 10.2 Å². The predicted molar refractivity (Wildman–Crippen MR) is 115 cm³/mol. The van der Waals surface area contributed by atoms with E-state index in [1.54, 1.807) is 60.7 Å². The topological polar surface area (TPSA) is 98.6 Å². The first-order valence-corrected chi connectivity index (χ1v) is 9.39. The number of amides is 1. The van der Waals surface area contributed by atoms with Gasteiger partial charge < -0.3 is 14.3 Å². The van der Waals surface area contributed by atoms with E-state index in [2.05, 4.69) is 15.7 Å². The molecule has 0 aliphatic heterocycles. The molecule has 31 heavy (non-hydrogen) atoms. The molecule has 3 aromatic carbocycles. The third kappa shape index (κ3) is 5.58. The van der Waals surface area contributed by atoms with Crippen molar-refractivity contribution >= 4 is 34.9 Å². The fourth-order valence-electron chi connectivity index (χ4n) is 2.51. The van der Waals surface area contributed by atoms with Gasteiger partial charge in [-0.3, -0.25) is 4.79 Å². The van der Waals surface area contributed by atoms with Gasteiger partial charge in [0.05, 0.1) is 36.2 Å². The van der Waals surface area contributed by atoms with Crippen molar-refractivity contribution in [3.8, 4) is 11.5 Å². The average molecular weight is 440 g/mol. The molecule has 0 aliphatic carbocycles. The van der Waals surface area contributed by atoms with E-state index in [1.807, 2.05) is 0 Å². The maximum absolute atomic E-state index is 12.3. The lowest BCUT2D eigenvalue weighted by Crippen LogP contribution is -2.11. The van der Waals surface area contributed by atoms with Crippen LogP contribution in [0, 0.1) is 0 Å². The molecule has 0 fully saturated rings. The molecule has 3 rings (SSSR count). The molecule has 0 aromatic heterocycles. The number of carbonyl (C=O) groups is 2. The number of anilines is 1. The molecule has 0 heterocycles. The number of nitrogens with zero attached hydrogens (tertiary/aromatic N) is 2. The quantitative estimate of drug-likeness (QED) is 0.387. The van der Waals surface area contributed by atoms with Crippen LogP contribution in [-0.4, -0.2) is 26.1 Å². The zero-order valence-electron chi connectivity index (χ0n) is 16.7. The fourth-order valence-corrected chi connectivity index (χ4v) is 2.73. The summed E-state index contributed by atoms with van der Waals surface area (Å²) in [5.41, 5.74) is 4.04. The molecule has 0 bridgehead atoms. The van der Waals surface area contributed by atoms with Crippen LogP contribution in [0.15, 0.2) is 77.0 Å². The highest BCUT2D eigenvalue weighted by molar-refractivity contribution is 6.33. The molecule has 3 aromatic rings. The maximum Gasteiger partial charge on any atom is 0.364 e. The highest BCUT2D eigenvalue weighted by Gasteiger charge is 2.12. The number of nitrogens with one attached hydrogen (secondary N) is 1. The summed E-state index contributed by atoms with van der Waals surface area (Å²) in [4.78, 5) is 29.3. The summed E-state index contributed by atoms with van der Waals surface area (Å²) >= 11 is 5.97. The zero-order valence-corrected chi connectivity index (χ0v) is 17.4. The Morgan fingerprint density at radius 3 is 2.29 bits per heavy atom. The number of halogens is 1. The SMILES string of the molecule is COc1ccc(C(=O)N=Nc2ccc(NOC(=O)c3ccccc3Cl)cc2)cc1OC. The van der Waals surface area contributed by atoms with Gasteiger partial charge in [0.2, 0.25) is 0 Å². The first-order valence-electron chi connectivity index (χ1n) is 9.01. The Hall–Kier alpha value is -3.91. The predicted octanol–water partition coefficient (Wildman–Crippen LogP) is 5.47. The number of ether oxygens (including phenoxy) is 2. The smallest absolute Gasteiger partial charge is 0.364 e. The number of azo groups is 1. The van der Waals surface area contributed by atoms with Gasteiger partial charge in [0.15, 0.2) is 11.5 Å². The Kier molecular flexibility index (Phi) is 7.18. The lowest BCUT2D eigenvalue weighted by molar-refractivity contribution is 0.0596. The molecule has 9 heteroatoms. The van der Waals surface area contributed by atoms with Crippen molar-refractivity contribution in [3.63, 3.8) is 0 Å². The molecule has 0 atom stereocenters. The van der Waals surface area contributed by atoms with E-state index in [4.69, 9.17) is 25.9 Å². The minimum atomic E-state index is -0.616. The standard InChI is InChI=1S/C22H18ClN3O5/c1-29-19-12-7-14(13-20(19)30-2)21(27)25-24-15-8-10-16(11-9-15)26-31-22(28)17-5-3-4-6-18(17)23/h3-13,26H,1-2H3. The highest BCUT2D eigenvalue weighted by atomic mass is 35.5. The number of benzene rings is 3. The molecule has 8 nitrogen and oxygen atoms in total. The van der Waals surface area contributed by atoms with Crippen LogP contribution in [-0.2, 0) is 4.84 Å². The van der Waals surface area contributed by atoms with E-state index in [1.165, 1.54) is 20.3 Å². The molecule has 0 unspecified atom stereocenters. The number of hydrogen-bond acceptors (Lipinski definition) is 7. The Morgan fingerprint density at radius 2 is 1.61 bits per heavy atom. The second-order valence-electron chi connectivity index (χ2n) is 6.09. The Morgan fingerprint density at radius 1 is 0.903 bits per heavy atom. The number of carbonyl (C=O) groups excluding carboxylic acids is 2. The zero-order chi connectivity index (χ0) is 22.2. The van der Waals surface area contributed by atoms with Crippen molar-refractivity contribution in [1.29, 1.82) is 0 Å². The van der Waals surface area contributed by atoms with E-state index < -0.39 is 11.9 Å². The monoisotopic (exact) mass is 439 g/mol. The summed E-state index contributed by atoms with van der Waals surface area (Å²) in [5.74, 6) is -0.216. The van der Waals surface area contributed by atoms with Gasteiger partial charge >= 0.3 is 5.97 Å². The molecule has 0 radical (unpaired) electrons. The van der Waals surface area contributed by atoms with Crippen molar-refractivity contribution < 1.29 is 23.9 Å². The summed E-state index contributed by atoms with van der Waals surface area (Å²) in [6.45, 7) is 0. The molecule has 0 saturated heterocycles. The average Bonchev–Trinajstić information content (AvgIpc) is 2.81. The second kappa shape index (κ2) is 10.2. The largest absolute Gasteiger partial charge is 0.493 e. The number of methoxy groups -OCH3 is 2. The molecule has 0 aliphatic rings. The van der Waals surface area contributed by atoms with Gasteiger partial charge in [0.25, 0.3) is 5.91 Å². The third-order valence-electron chi connectivity index (χ3n) is 4.11. The van der Waals surface area contributed by atoms with Crippen LogP contribution >= 0.6 is 11.6 Å². The number of hydrogen-bond donors (Lipinski definition) is 1. The minimum Gasteiger partial charge on any atom is -0.493 e. The maximum atomic E-state index is 12.3. The van der Waals surface area contributed by atoms with E-state index in [-0.39, 0.29) is 5.56 Å². The van der Waals surface area contributed by atoms with Crippen LogP contribution in [0.3, 0.4) is 0 Å². The van der Waals surface area contributed by atoms with Gasteiger partial charge in [-0.2, -0.15) is 0 Å². The lowest BCUT2D eigenvalue weighted by Gasteiger charge is -2.08. The Labute approximate surface area is 183 Å². The van der Waals surface area contributed by atoms with E-state index in [0.29, 0.717) is 33.5 Å². The van der Waals surface area contributed by atoms with Crippen LogP contribution in [0.4, 0.5) is 11.4 Å². The van der Waals surface area contributed by atoms with Crippen LogP contribution in [0.5, 0.6) is 11.5 Å². The normalized spacial score (nSPS) is 10.5. The van der Waals surface area contributed by atoms with Crippen LogP contribution in [0.25, 0.3) is 0 Å². The summed E-state index contributed by atoms with van der Waals surface area (Å²) in [7, 11) is 2.99. The summed E-state index contributed by atoms with van der Waals surface area (Å²) in [5, 5.41) is 7.94. The van der Waals surface area contributed by atoms with Crippen molar-refractivity contribution in [3.05, 3.63) is 82.9 Å². The van der Waals surface area contributed by atoms with Crippen molar-refractivity contribution in [2.75, 3.05) is 19.7 Å². The van der Waals surface area contributed by atoms with Crippen LogP contribution < -0.4 is 15.0 Å². The van der Waals surface area contributed by atoms with E-state index >= 15 is 0 Å². The molecular weight excluding hydrogens is 422 g/mol. The molecular formula is C22H18ClN3O5. The molecule has 1 amide bonds. The molecule has 158 valence electrons. The van der Waals surface area contributed by atoms with Crippen molar-refractivity contribution in [1.82, 2.24) is 0 Å². The number of rotatable bonds is 7. The first-order chi connectivity index (χ1) is 15.0. The molecule has 1 N–H and O–H groups in total. The highest BCUT2D eigenvalue weighted by Crippen LogP contribution is 2.28. The fraction of sp³-hybridized carbons (Fsp3) is 0.0909. The van der Waals surface area contributed by atoms with Gasteiger partial charge in [-0.15, -0.1) is 10.2 Å². The minimum absolute atomic E-state index is 0.246. The van der Waals surface area contributed by atoms with Gasteiger partial charge in [0.1, 0.15) is 0 Å². The van der Waals surface area contributed by atoms with E-state index in [0.717, 1.165) is 0 Å². The van der Waals surface area contributed by atoms with Gasteiger partial charge in [-0.1, -0.05) is 23.7 Å². The Balaban J connectivity index is 1.60. The van der Waals surface area contributed by atoms with Gasteiger partial charge in [0, 0.05) is 5.56 Å². The summed E-state index contributed by atoms with van der Waals surface area (Å²) in [6, 6.07) is 17.7. The molecule has 0 spiro atoms. The summed E-state index contributed by atoms with van der Waals surface area (Å²) < 4.78 is 10.3.